The van der Waals surface area contributed by atoms with E-state index in [-0.39, 0.29) is 22.8 Å². The summed E-state index contributed by atoms with van der Waals surface area (Å²) in [5.74, 6) is 0.907. The molecule has 5 aromatic rings. The summed E-state index contributed by atoms with van der Waals surface area (Å²) in [6, 6.07) is 32.7. The van der Waals surface area contributed by atoms with Crippen molar-refractivity contribution < 1.29 is 37.0 Å². The van der Waals surface area contributed by atoms with E-state index in [1.807, 2.05) is 106 Å². The maximum absolute atomic E-state index is 14.4. The Morgan fingerprint density at radius 2 is 1.33 bits per heavy atom. The highest BCUT2D eigenvalue weighted by Crippen LogP contribution is 2.38. The predicted molar refractivity (Wildman–Crippen MR) is 211 cm³/mol. The molecule has 7 rings (SSSR count). The molecular formula is C42H44N4O8S. The first-order valence-electron chi connectivity index (χ1n) is 18.0. The molecule has 2 aliphatic rings. The topological polar surface area (TPSA) is 159 Å². The standard InChI is InChI=1S/C42H44N4O8S/c1-42(2,3)27-21-26(25-55(43,49)50)37(51-4)34(22-27)45-41(48)44-33-20-19-32(30-17-11-12-18-31(30)33)40(47)46-23-35-38(52-28-13-7-5-8-14-28)39(36(24-46)54-35)53-29-15-9-6-10-16-29/h5-22,35-36,38-39H,23-25H2,1-4H3,(H2,43,49,50)(H2,44,45,48). The number of carbonyl (C=O) groups excluding carboxylic acids is 2. The molecular weight excluding hydrogens is 721 g/mol. The van der Waals surface area contributed by atoms with Crippen molar-refractivity contribution >= 4 is 44.1 Å². The molecule has 0 aliphatic carbocycles. The van der Waals surface area contributed by atoms with Crippen molar-refractivity contribution in [2.45, 2.75) is 56.4 Å². The Labute approximate surface area is 320 Å². The minimum atomic E-state index is -3.90. The van der Waals surface area contributed by atoms with Crippen LogP contribution in [0.15, 0.2) is 109 Å². The van der Waals surface area contributed by atoms with Gasteiger partial charge >= 0.3 is 6.03 Å². The smallest absolute Gasteiger partial charge is 0.323 e. The number of anilines is 2. The second-order valence-corrected chi connectivity index (χ2v) is 16.4. The summed E-state index contributed by atoms with van der Waals surface area (Å²) in [5, 5.41) is 12.5. The predicted octanol–water partition coefficient (Wildman–Crippen LogP) is 6.70. The first-order chi connectivity index (χ1) is 26.3. The molecule has 55 heavy (non-hydrogen) atoms. The molecule has 12 nitrogen and oxygen atoms in total. The highest BCUT2D eigenvalue weighted by molar-refractivity contribution is 7.88. The van der Waals surface area contributed by atoms with Crippen LogP contribution in [0.25, 0.3) is 10.8 Å². The first-order valence-corrected chi connectivity index (χ1v) is 19.7. The van der Waals surface area contributed by atoms with Gasteiger partial charge in [-0.05, 0) is 58.8 Å². The van der Waals surface area contributed by atoms with Crippen molar-refractivity contribution in [1.82, 2.24) is 4.90 Å². The summed E-state index contributed by atoms with van der Waals surface area (Å²) in [6.45, 7) is 6.51. The van der Waals surface area contributed by atoms with Crippen molar-refractivity contribution in [2.24, 2.45) is 5.14 Å². The quantitative estimate of drug-likeness (QED) is 0.142. The number of nitrogens with one attached hydrogen (secondary N) is 2. The van der Waals surface area contributed by atoms with Gasteiger partial charge in [-0.15, -0.1) is 0 Å². The van der Waals surface area contributed by atoms with Gasteiger partial charge in [-0.25, -0.2) is 18.4 Å². The number of morpholine rings is 1. The number of benzene rings is 5. The van der Waals surface area contributed by atoms with E-state index in [4.69, 9.17) is 24.1 Å². The van der Waals surface area contributed by atoms with Crippen LogP contribution in [0.2, 0.25) is 0 Å². The fourth-order valence-electron chi connectivity index (χ4n) is 7.19. The average Bonchev–Trinajstić information content (AvgIpc) is 3.37. The Hall–Kier alpha value is -5.63. The fraction of sp³-hybridized carbons (Fsp3) is 0.286. The lowest BCUT2D eigenvalue weighted by Gasteiger charge is -2.32. The van der Waals surface area contributed by atoms with Crippen molar-refractivity contribution in [2.75, 3.05) is 30.8 Å². The van der Waals surface area contributed by atoms with E-state index in [9.17, 15) is 18.0 Å². The van der Waals surface area contributed by atoms with Crippen LogP contribution in [0.5, 0.6) is 17.2 Å². The van der Waals surface area contributed by atoms with Gasteiger partial charge in [0.05, 0.1) is 37.3 Å². The number of nitrogens with zero attached hydrogens (tertiary/aromatic N) is 1. The number of fused-ring (bicyclic) bond motifs is 3. The summed E-state index contributed by atoms with van der Waals surface area (Å²) < 4.78 is 49.1. The Bertz CT molecular complexity index is 2260. The van der Waals surface area contributed by atoms with Crippen LogP contribution in [-0.4, -0.2) is 69.9 Å². The maximum atomic E-state index is 14.4. The molecule has 5 aromatic carbocycles. The number of methoxy groups -OCH3 is 1. The van der Waals surface area contributed by atoms with Crippen molar-refractivity contribution in [3.63, 3.8) is 0 Å². The molecule has 4 atom stereocenters. The number of carbonyl (C=O) groups is 2. The van der Waals surface area contributed by atoms with Crippen molar-refractivity contribution in [1.29, 1.82) is 0 Å². The van der Waals surface area contributed by atoms with Gasteiger partial charge in [-0.2, -0.15) is 0 Å². The number of rotatable bonds is 10. The number of hydrogen-bond donors (Lipinski definition) is 3. The minimum Gasteiger partial charge on any atom is -0.494 e. The minimum absolute atomic E-state index is 0.185. The summed E-state index contributed by atoms with van der Waals surface area (Å²) in [7, 11) is -2.50. The summed E-state index contributed by atoms with van der Waals surface area (Å²) in [5.41, 5.74) is 1.95. The van der Waals surface area contributed by atoms with E-state index < -0.39 is 46.2 Å². The van der Waals surface area contributed by atoms with Crippen LogP contribution in [-0.2, 0) is 25.9 Å². The Morgan fingerprint density at radius 1 is 0.782 bits per heavy atom. The van der Waals surface area contributed by atoms with Crippen LogP contribution in [0.1, 0.15) is 42.3 Å². The zero-order chi connectivity index (χ0) is 38.9. The van der Waals surface area contributed by atoms with Crippen molar-refractivity contribution in [3.05, 3.63) is 126 Å². The Morgan fingerprint density at radius 3 is 1.87 bits per heavy atom. The fourth-order valence-corrected chi connectivity index (χ4v) is 7.84. The summed E-state index contributed by atoms with van der Waals surface area (Å²) >= 11 is 0. The second kappa shape index (κ2) is 15.2. The summed E-state index contributed by atoms with van der Waals surface area (Å²) in [4.78, 5) is 29.7. The molecule has 2 fully saturated rings. The molecule has 13 heteroatoms. The molecule has 286 valence electrons. The molecule has 2 bridgehead atoms. The number of likely N-dealkylation sites (tertiary alicyclic amines) is 1. The van der Waals surface area contributed by atoms with Crippen LogP contribution < -0.4 is 30.0 Å². The Kier molecular flexibility index (Phi) is 10.4. The SMILES string of the molecule is COc1c(CS(N)(=O)=O)cc(C(C)(C)C)cc1NC(=O)Nc1ccc(C(=O)N2CC3OC(C2)C(Oc2ccccc2)C3Oc2ccccc2)c2ccccc12. The van der Waals surface area contributed by atoms with Gasteiger partial charge in [-0.1, -0.05) is 87.5 Å². The van der Waals surface area contributed by atoms with Gasteiger partial charge in [0, 0.05) is 16.5 Å². The van der Waals surface area contributed by atoms with Gasteiger partial charge in [0.25, 0.3) is 5.91 Å². The van der Waals surface area contributed by atoms with Gasteiger partial charge in [0.2, 0.25) is 10.0 Å². The largest absolute Gasteiger partial charge is 0.494 e. The van der Waals surface area contributed by atoms with E-state index >= 15 is 0 Å². The third kappa shape index (κ3) is 8.39. The number of hydrogen-bond acceptors (Lipinski definition) is 8. The monoisotopic (exact) mass is 764 g/mol. The van der Waals surface area contributed by atoms with Gasteiger partial charge in [-0.3, -0.25) is 4.79 Å². The molecule has 0 radical (unpaired) electrons. The molecule has 2 aliphatic heterocycles. The zero-order valence-corrected chi connectivity index (χ0v) is 31.8. The Balaban J connectivity index is 1.14. The number of sulfonamides is 1. The number of primary sulfonamides is 1. The number of amides is 3. The highest BCUT2D eigenvalue weighted by atomic mass is 32.2. The molecule has 4 N–H and O–H groups in total. The lowest BCUT2D eigenvalue weighted by molar-refractivity contribution is -0.0520. The van der Waals surface area contributed by atoms with Gasteiger partial charge in [0.15, 0.2) is 12.2 Å². The number of para-hydroxylation sites is 2. The normalized spacial score (nSPS) is 19.5. The van der Waals surface area contributed by atoms with E-state index in [0.29, 0.717) is 52.2 Å². The van der Waals surface area contributed by atoms with Crippen molar-refractivity contribution in [3.8, 4) is 17.2 Å². The number of urea groups is 1. The van der Waals surface area contributed by atoms with Crippen LogP contribution in [0.3, 0.4) is 0 Å². The molecule has 0 saturated carbocycles. The lowest BCUT2D eigenvalue weighted by Crippen LogP contribution is -2.48. The average molecular weight is 765 g/mol. The molecule has 0 aromatic heterocycles. The number of nitrogens with two attached hydrogens (primary N) is 1. The third-order valence-electron chi connectivity index (χ3n) is 9.77. The molecule has 0 spiro atoms. The highest BCUT2D eigenvalue weighted by Gasteiger charge is 2.53. The van der Waals surface area contributed by atoms with Crippen LogP contribution >= 0.6 is 0 Å². The van der Waals surface area contributed by atoms with E-state index in [2.05, 4.69) is 10.6 Å². The molecule has 4 unspecified atom stereocenters. The lowest BCUT2D eigenvalue weighted by atomic mass is 9.85. The molecule has 2 saturated heterocycles. The molecule has 2 heterocycles. The van der Waals surface area contributed by atoms with E-state index in [1.54, 1.807) is 29.2 Å². The van der Waals surface area contributed by atoms with Gasteiger partial charge < -0.3 is 34.5 Å². The van der Waals surface area contributed by atoms with Crippen LogP contribution in [0.4, 0.5) is 16.2 Å². The second-order valence-electron chi connectivity index (χ2n) is 14.8. The number of ether oxygens (including phenoxy) is 4. The van der Waals surface area contributed by atoms with Gasteiger partial charge in [0.1, 0.15) is 29.5 Å². The maximum Gasteiger partial charge on any atom is 0.323 e. The zero-order valence-electron chi connectivity index (χ0n) is 31.0. The third-order valence-corrected chi connectivity index (χ3v) is 10.5. The first kappa shape index (κ1) is 37.7. The molecule has 3 amide bonds. The van der Waals surface area contributed by atoms with E-state index in [1.165, 1.54) is 7.11 Å². The van der Waals surface area contributed by atoms with Crippen LogP contribution in [0, 0.1) is 0 Å². The van der Waals surface area contributed by atoms with E-state index in [0.717, 1.165) is 5.56 Å². The summed E-state index contributed by atoms with van der Waals surface area (Å²) in [6.07, 6.45) is -1.81.